The molecular weight excluding hydrogens is 393 g/mol. The van der Waals surface area contributed by atoms with Crippen LogP contribution in [0.3, 0.4) is 0 Å². The molecule has 122 valence electrons. The number of benzene rings is 1. The Morgan fingerprint density at radius 1 is 1.23 bits per heavy atom. The number of nitrogens with zero attached hydrogens (tertiary/aromatic N) is 2. The van der Waals surface area contributed by atoms with Crippen LogP contribution in [0, 0.1) is 0 Å². The Morgan fingerprint density at radius 3 is 2.55 bits per heavy atom. The molecule has 0 aromatic heterocycles. The number of nitrogens with two attached hydrogens (primary N) is 1. The summed E-state index contributed by atoms with van der Waals surface area (Å²) in [4.78, 5) is 4.87. The Bertz CT molecular complexity index is 520. The Morgan fingerprint density at radius 2 is 1.95 bits per heavy atom. The normalized spacial score (nSPS) is 27.3. The van der Waals surface area contributed by atoms with Crippen LogP contribution in [0.4, 0.5) is 11.4 Å². The van der Waals surface area contributed by atoms with Gasteiger partial charge in [0.05, 0.1) is 22.9 Å². The lowest BCUT2D eigenvalue weighted by Crippen LogP contribution is -2.46. The number of nitrogen functional groups attached to an aromatic ring is 1. The molecule has 2 saturated heterocycles. The van der Waals surface area contributed by atoms with Gasteiger partial charge in [0, 0.05) is 37.4 Å². The van der Waals surface area contributed by atoms with Crippen molar-refractivity contribution in [3.63, 3.8) is 0 Å². The Balaban J connectivity index is 1.62. The van der Waals surface area contributed by atoms with Crippen LogP contribution in [0.5, 0.6) is 5.75 Å². The molecular formula is C16H24IN3O2. The topological polar surface area (TPSA) is 62.0 Å². The average Bonchev–Trinajstić information content (AvgIpc) is 2.88. The molecule has 0 aliphatic carbocycles. The zero-order chi connectivity index (χ0) is 15.7. The molecule has 0 spiro atoms. The second-order valence-corrected chi connectivity index (χ2v) is 7.39. The molecule has 0 amide bonds. The lowest BCUT2D eigenvalue weighted by molar-refractivity contribution is 0.138. The zero-order valence-corrected chi connectivity index (χ0v) is 15.1. The van der Waals surface area contributed by atoms with E-state index in [1.807, 2.05) is 12.1 Å². The number of likely N-dealkylation sites (tertiary alicyclic amines) is 1. The largest absolute Gasteiger partial charge is 0.495 e. The average molecular weight is 417 g/mol. The quantitative estimate of drug-likeness (QED) is 0.341. The van der Waals surface area contributed by atoms with Gasteiger partial charge >= 0.3 is 0 Å². The fourth-order valence-electron chi connectivity index (χ4n) is 3.50. The third-order valence-corrected chi connectivity index (χ3v) is 6.38. The second-order valence-electron chi connectivity index (χ2n) is 6.11. The zero-order valence-electron chi connectivity index (χ0n) is 12.9. The maximum atomic E-state index is 9.93. The number of hydrogen-bond acceptors (Lipinski definition) is 5. The van der Waals surface area contributed by atoms with E-state index in [2.05, 4.69) is 38.5 Å². The Labute approximate surface area is 145 Å². The Kier molecular flexibility index (Phi) is 4.99. The van der Waals surface area contributed by atoms with Crippen molar-refractivity contribution >= 4 is 34.0 Å². The van der Waals surface area contributed by atoms with E-state index in [0.717, 1.165) is 44.6 Å². The van der Waals surface area contributed by atoms with Gasteiger partial charge in [-0.25, -0.2) is 0 Å². The van der Waals surface area contributed by atoms with Gasteiger partial charge in [-0.05, 0) is 31.4 Å². The van der Waals surface area contributed by atoms with Gasteiger partial charge in [-0.3, -0.25) is 4.90 Å². The highest BCUT2D eigenvalue weighted by Gasteiger charge is 2.36. The van der Waals surface area contributed by atoms with Crippen LogP contribution in [0.1, 0.15) is 19.3 Å². The molecule has 1 aromatic rings. The van der Waals surface area contributed by atoms with Gasteiger partial charge in [0.25, 0.3) is 0 Å². The number of halogens is 1. The first-order valence-electron chi connectivity index (χ1n) is 7.86. The summed E-state index contributed by atoms with van der Waals surface area (Å²) in [6.45, 7) is 3.09. The predicted octanol–water partition coefficient (Wildman–Crippen LogP) is 2.07. The lowest BCUT2D eigenvalue weighted by atomic mass is 10.0. The molecule has 2 unspecified atom stereocenters. The van der Waals surface area contributed by atoms with E-state index in [1.54, 1.807) is 7.11 Å². The molecule has 22 heavy (non-hydrogen) atoms. The number of rotatable bonds is 3. The van der Waals surface area contributed by atoms with E-state index in [1.165, 1.54) is 5.69 Å². The number of aliphatic hydroxyl groups is 1. The van der Waals surface area contributed by atoms with E-state index in [-0.39, 0.29) is 10.2 Å². The van der Waals surface area contributed by atoms with Crippen LogP contribution in [0.15, 0.2) is 18.2 Å². The maximum absolute atomic E-state index is 9.93. The van der Waals surface area contributed by atoms with Crippen molar-refractivity contribution in [2.24, 2.45) is 0 Å². The minimum Gasteiger partial charge on any atom is -0.495 e. The van der Waals surface area contributed by atoms with E-state index in [9.17, 15) is 5.11 Å². The van der Waals surface area contributed by atoms with Gasteiger partial charge in [0.1, 0.15) is 5.75 Å². The first-order chi connectivity index (χ1) is 10.6. The van der Waals surface area contributed by atoms with Crippen LogP contribution >= 0.6 is 22.6 Å². The molecule has 0 bridgehead atoms. The van der Waals surface area contributed by atoms with Crippen molar-refractivity contribution in [3.05, 3.63) is 18.2 Å². The molecule has 2 aliphatic rings. The molecule has 1 aromatic carbocycles. The molecule has 2 atom stereocenters. The SMILES string of the molecule is COc1cc(N2CCC(N3CCC(O)C3I)CC2)ccc1N. The van der Waals surface area contributed by atoms with Crippen molar-refractivity contribution < 1.29 is 9.84 Å². The fraction of sp³-hybridized carbons (Fsp3) is 0.625. The third-order valence-electron chi connectivity index (χ3n) is 4.83. The van der Waals surface area contributed by atoms with E-state index >= 15 is 0 Å². The van der Waals surface area contributed by atoms with Gasteiger partial charge in [-0.15, -0.1) is 0 Å². The molecule has 3 N–H and O–H groups in total. The second kappa shape index (κ2) is 6.80. The molecule has 2 aliphatic heterocycles. The summed E-state index contributed by atoms with van der Waals surface area (Å²) in [5.41, 5.74) is 7.75. The fourth-order valence-corrected chi connectivity index (χ4v) is 4.59. The van der Waals surface area contributed by atoms with Gasteiger partial charge in [0.15, 0.2) is 0 Å². The number of anilines is 2. The Hall–Kier alpha value is -0.730. The van der Waals surface area contributed by atoms with E-state index < -0.39 is 0 Å². The summed E-state index contributed by atoms with van der Waals surface area (Å²) in [6.07, 6.45) is 3.01. The van der Waals surface area contributed by atoms with Crippen molar-refractivity contribution in [1.82, 2.24) is 4.90 Å². The lowest BCUT2D eigenvalue weighted by Gasteiger charge is -2.39. The van der Waals surface area contributed by atoms with Crippen molar-refractivity contribution in [3.8, 4) is 5.75 Å². The van der Waals surface area contributed by atoms with Crippen molar-refractivity contribution in [1.29, 1.82) is 0 Å². The van der Waals surface area contributed by atoms with Crippen LogP contribution in [-0.4, -0.2) is 52.9 Å². The highest BCUT2D eigenvalue weighted by molar-refractivity contribution is 14.1. The minimum absolute atomic E-state index is 0.167. The molecule has 2 heterocycles. The van der Waals surface area contributed by atoms with E-state index in [0.29, 0.717) is 11.7 Å². The highest BCUT2D eigenvalue weighted by atomic mass is 127. The summed E-state index contributed by atoms with van der Waals surface area (Å²) >= 11 is 2.38. The predicted molar refractivity (Wildman–Crippen MR) is 97.8 cm³/mol. The number of hydrogen-bond donors (Lipinski definition) is 2. The number of piperidine rings is 1. The molecule has 6 heteroatoms. The summed E-state index contributed by atoms with van der Waals surface area (Å²) in [5.74, 6) is 0.745. The molecule has 2 fully saturated rings. The smallest absolute Gasteiger partial charge is 0.143 e. The molecule has 0 saturated carbocycles. The van der Waals surface area contributed by atoms with Crippen LogP contribution in [0.2, 0.25) is 0 Å². The molecule has 5 nitrogen and oxygen atoms in total. The summed E-state index contributed by atoms with van der Waals surface area (Å²) in [5, 5.41) is 9.93. The standard InChI is InChI=1S/C16H24IN3O2/c1-22-15-10-12(2-3-13(15)18)19-7-4-11(5-8-19)20-9-6-14(21)16(20)17/h2-3,10-11,14,16,21H,4-9,18H2,1H3. The maximum Gasteiger partial charge on any atom is 0.143 e. The number of alkyl halides is 1. The number of aliphatic hydroxyl groups excluding tert-OH is 1. The highest BCUT2D eigenvalue weighted by Crippen LogP contribution is 2.33. The first-order valence-corrected chi connectivity index (χ1v) is 9.11. The molecule has 0 radical (unpaired) electrons. The van der Waals surface area contributed by atoms with Crippen molar-refractivity contribution in [2.45, 2.75) is 35.5 Å². The number of ether oxygens (including phenoxy) is 1. The van der Waals surface area contributed by atoms with Gasteiger partial charge in [-0.1, -0.05) is 22.6 Å². The van der Waals surface area contributed by atoms with Crippen LogP contribution < -0.4 is 15.4 Å². The monoisotopic (exact) mass is 417 g/mol. The molecule has 3 rings (SSSR count). The van der Waals surface area contributed by atoms with E-state index in [4.69, 9.17) is 10.5 Å². The number of methoxy groups -OCH3 is 1. The van der Waals surface area contributed by atoms with Crippen LogP contribution in [0.25, 0.3) is 0 Å². The van der Waals surface area contributed by atoms with Gasteiger partial charge in [0.2, 0.25) is 0 Å². The summed E-state index contributed by atoms with van der Waals surface area (Å²) in [6, 6.07) is 6.60. The minimum atomic E-state index is -0.167. The van der Waals surface area contributed by atoms with Crippen LogP contribution in [-0.2, 0) is 0 Å². The summed E-state index contributed by atoms with van der Waals surface area (Å²) < 4.78 is 5.59. The van der Waals surface area contributed by atoms with Gasteiger partial charge < -0.3 is 20.5 Å². The summed E-state index contributed by atoms with van der Waals surface area (Å²) in [7, 11) is 1.65. The third kappa shape index (κ3) is 3.14. The van der Waals surface area contributed by atoms with Crippen molar-refractivity contribution in [2.75, 3.05) is 37.4 Å². The van der Waals surface area contributed by atoms with Gasteiger partial charge in [-0.2, -0.15) is 0 Å². The first kappa shape index (κ1) is 16.1.